The Balaban J connectivity index is 2.39. The second-order valence-corrected chi connectivity index (χ2v) is 8.42. The average Bonchev–Trinajstić information content (AvgIpc) is 2.58. The molecule has 0 heterocycles. The van der Waals surface area contributed by atoms with Crippen molar-refractivity contribution in [2.75, 3.05) is 18.4 Å². The molecule has 0 atom stereocenters. The maximum atomic E-state index is 12.7. The number of carbonyl (C=O) groups is 1. The Morgan fingerprint density at radius 2 is 1.69 bits per heavy atom. The highest BCUT2D eigenvalue weighted by Gasteiger charge is 2.24. The van der Waals surface area contributed by atoms with Crippen molar-refractivity contribution < 1.29 is 13.2 Å². The van der Waals surface area contributed by atoms with Crippen molar-refractivity contribution in [1.82, 2.24) is 4.31 Å². The number of hydrogen-bond donors (Lipinski definition) is 1. The summed E-state index contributed by atoms with van der Waals surface area (Å²) in [6, 6.07) is 9.30. The first-order valence-corrected chi connectivity index (χ1v) is 10.3. The van der Waals surface area contributed by atoms with Crippen molar-refractivity contribution in [3.63, 3.8) is 0 Å². The van der Waals surface area contributed by atoms with Crippen LogP contribution in [0.2, 0.25) is 10.0 Å². The Labute approximate surface area is 164 Å². The van der Waals surface area contributed by atoms with Crippen LogP contribution in [0.4, 0.5) is 5.69 Å². The van der Waals surface area contributed by atoms with Gasteiger partial charge in [-0.05, 0) is 42.8 Å². The number of anilines is 1. The van der Waals surface area contributed by atoms with E-state index in [9.17, 15) is 13.2 Å². The van der Waals surface area contributed by atoms with E-state index in [4.69, 9.17) is 23.2 Å². The van der Waals surface area contributed by atoms with Crippen LogP contribution in [0.15, 0.2) is 41.3 Å². The summed E-state index contributed by atoms with van der Waals surface area (Å²) in [5.41, 5.74) is 1.45. The second-order valence-electron chi connectivity index (χ2n) is 5.67. The van der Waals surface area contributed by atoms with Gasteiger partial charge < -0.3 is 5.32 Å². The van der Waals surface area contributed by atoms with Gasteiger partial charge in [-0.15, -0.1) is 0 Å². The molecule has 26 heavy (non-hydrogen) atoms. The minimum atomic E-state index is -3.69. The number of rotatable bonds is 6. The van der Waals surface area contributed by atoms with E-state index in [1.54, 1.807) is 26.0 Å². The lowest BCUT2D eigenvalue weighted by Gasteiger charge is -2.19. The third kappa shape index (κ3) is 4.38. The fraction of sp³-hybridized carbons (Fsp3) is 0.278. The number of carbonyl (C=O) groups excluding carboxylic acids is 1. The van der Waals surface area contributed by atoms with Gasteiger partial charge in [-0.25, -0.2) is 8.42 Å². The minimum absolute atomic E-state index is 0.0192. The van der Waals surface area contributed by atoms with Crippen LogP contribution in [0, 0.1) is 6.92 Å². The molecule has 0 bridgehead atoms. The predicted octanol–water partition coefficient (Wildman–Crippen LogP) is 4.58. The van der Waals surface area contributed by atoms with Crippen LogP contribution >= 0.6 is 23.2 Å². The largest absolute Gasteiger partial charge is 0.321 e. The number of hydrogen-bond acceptors (Lipinski definition) is 3. The zero-order valence-electron chi connectivity index (χ0n) is 14.7. The number of benzene rings is 2. The maximum absolute atomic E-state index is 12.7. The summed E-state index contributed by atoms with van der Waals surface area (Å²) in [7, 11) is -3.69. The van der Waals surface area contributed by atoms with Gasteiger partial charge in [0.05, 0.1) is 26.2 Å². The van der Waals surface area contributed by atoms with Crippen LogP contribution in [0.3, 0.4) is 0 Å². The van der Waals surface area contributed by atoms with Crippen LogP contribution in [0.25, 0.3) is 0 Å². The molecule has 0 spiro atoms. The molecule has 0 aliphatic rings. The Morgan fingerprint density at radius 3 is 2.27 bits per heavy atom. The molecule has 0 saturated heterocycles. The predicted molar refractivity (Wildman–Crippen MR) is 106 cm³/mol. The zero-order chi connectivity index (χ0) is 19.5. The molecule has 2 rings (SSSR count). The van der Waals surface area contributed by atoms with Crippen LogP contribution in [0.5, 0.6) is 0 Å². The molecule has 8 heteroatoms. The zero-order valence-corrected chi connectivity index (χ0v) is 17.0. The average molecular weight is 415 g/mol. The van der Waals surface area contributed by atoms with Crippen molar-refractivity contribution in [3.05, 3.63) is 57.6 Å². The van der Waals surface area contributed by atoms with Crippen molar-refractivity contribution in [2.45, 2.75) is 25.7 Å². The highest BCUT2D eigenvalue weighted by Crippen LogP contribution is 2.26. The molecular weight excluding hydrogens is 395 g/mol. The molecule has 5 nitrogen and oxygen atoms in total. The number of aryl methyl sites for hydroxylation is 1. The topological polar surface area (TPSA) is 66.5 Å². The Hall–Kier alpha value is -1.60. The molecular formula is C18H20Cl2N2O3S. The molecule has 0 radical (unpaired) electrons. The van der Waals surface area contributed by atoms with Crippen LogP contribution < -0.4 is 5.32 Å². The van der Waals surface area contributed by atoms with Gasteiger partial charge in [0.1, 0.15) is 0 Å². The minimum Gasteiger partial charge on any atom is -0.321 e. The maximum Gasteiger partial charge on any atom is 0.257 e. The first kappa shape index (κ1) is 20.7. The molecule has 140 valence electrons. The fourth-order valence-electron chi connectivity index (χ4n) is 2.46. The lowest BCUT2D eigenvalue weighted by Crippen LogP contribution is -2.30. The molecule has 0 aliphatic carbocycles. The van der Waals surface area contributed by atoms with Gasteiger partial charge in [0, 0.05) is 13.1 Å². The van der Waals surface area contributed by atoms with E-state index >= 15 is 0 Å². The van der Waals surface area contributed by atoms with Gasteiger partial charge in [0.2, 0.25) is 10.0 Å². The second kappa shape index (κ2) is 8.39. The normalized spacial score (nSPS) is 11.6. The van der Waals surface area contributed by atoms with Gasteiger partial charge in [0.25, 0.3) is 5.91 Å². The van der Waals surface area contributed by atoms with E-state index in [0.717, 1.165) is 5.56 Å². The highest BCUT2D eigenvalue weighted by atomic mass is 35.5. The molecule has 2 aromatic carbocycles. The van der Waals surface area contributed by atoms with Gasteiger partial charge in [-0.1, -0.05) is 43.1 Å². The fourth-order valence-corrected chi connectivity index (χ4v) is 4.43. The van der Waals surface area contributed by atoms with E-state index in [0.29, 0.717) is 23.8 Å². The van der Waals surface area contributed by atoms with Crippen molar-refractivity contribution >= 4 is 44.8 Å². The lowest BCUT2D eigenvalue weighted by atomic mass is 10.2. The number of sulfonamides is 1. The van der Waals surface area contributed by atoms with Gasteiger partial charge in [-0.2, -0.15) is 4.31 Å². The molecule has 0 saturated carbocycles. The lowest BCUT2D eigenvalue weighted by molar-refractivity contribution is 0.102. The van der Waals surface area contributed by atoms with Crippen LogP contribution in [-0.4, -0.2) is 31.7 Å². The molecule has 0 aliphatic heterocycles. The quantitative estimate of drug-likeness (QED) is 0.751. The summed E-state index contributed by atoms with van der Waals surface area (Å²) in [6.07, 6.45) is 0. The number of halogens is 2. The van der Waals surface area contributed by atoms with E-state index in [-0.39, 0.29) is 15.5 Å². The molecule has 1 N–H and O–H groups in total. The van der Waals surface area contributed by atoms with Gasteiger partial charge in [0.15, 0.2) is 0 Å². The van der Waals surface area contributed by atoms with Crippen molar-refractivity contribution in [1.29, 1.82) is 0 Å². The van der Waals surface area contributed by atoms with Crippen molar-refractivity contribution in [2.24, 2.45) is 0 Å². The number of nitrogens with zero attached hydrogens (tertiary/aromatic N) is 1. The van der Waals surface area contributed by atoms with E-state index in [1.807, 2.05) is 13.0 Å². The third-order valence-corrected chi connectivity index (χ3v) is 6.59. The first-order chi connectivity index (χ1) is 12.2. The monoisotopic (exact) mass is 414 g/mol. The smallest absolute Gasteiger partial charge is 0.257 e. The number of amides is 1. The van der Waals surface area contributed by atoms with Crippen LogP contribution in [0.1, 0.15) is 29.8 Å². The summed E-state index contributed by atoms with van der Waals surface area (Å²) in [4.78, 5) is 12.6. The van der Waals surface area contributed by atoms with Gasteiger partial charge >= 0.3 is 0 Å². The first-order valence-electron chi connectivity index (χ1n) is 8.07. The van der Waals surface area contributed by atoms with E-state index in [2.05, 4.69) is 5.32 Å². The van der Waals surface area contributed by atoms with E-state index in [1.165, 1.54) is 22.5 Å². The van der Waals surface area contributed by atoms with E-state index < -0.39 is 15.9 Å². The highest BCUT2D eigenvalue weighted by molar-refractivity contribution is 7.89. The molecule has 0 unspecified atom stereocenters. The Bertz CT molecular complexity index is 926. The van der Waals surface area contributed by atoms with Crippen molar-refractivity contribution in [3.8, 4) is 0 Å². The van der Waals surface area contributed by atoms with Crippen LogP contribution in [-0.2, 0) is 10.0 Å². The van der Waals surface area contributed by atoms with Gasteiger partial charge in [-0.3, -0.25) is 4.79 Å². The standard InChI is InChI=1S/C18H20Cl2N2O3S/c1-4-22(5-2)26(24,25)13-7-8-15(19)14(11-13)18(23)21-17-9-6-12(3)10-16(17)20/h6-11H,4-5H2,1-3H3,(H,21,23). The Morgan fingerprint density at radius 1 is 1.04 bits per heavy atom. The molecule has 1 amide bonds. The summed E-state index contributed by atoms with van der Waals surface area (Å²) in [5.74, 6) is -0.530. The molecule has 0 aromatic heterocycles. The summed E-state index contributed by atoms with van der Waals surface area (Å²) < 4.78 is 26.6. The molecule has 2 aromatic rings. The Kier molecular flexibility index (Phi) is 6.69. The summed E-state index contributed by atoms with van der Waals surface area (Å²) in [5, 5.41) is 3.21. The third-order valence-electron chi connectivity index (χ3n) is 3.90. The SMILES string of the molecule is CCN(CC)S(=O)(=O)c1ccc(Cl)c(C(=O)Nc2ccc(C)cc2Cl)c1. The summed E-state index contributed by atoms with van der Waals surface area (Å²) >= 11 is 12.3. The summed E-state index contributed by atoms with van der Waals surface area (Å²) in [6.45, 7) is 6.06. The number of nitrogens with one attached hydrogen (secondary N) is 1. The molecule has 0 fully saturated rings.